The molecule has 0 spiro atoms. The number of alkyl halides is 1. The third kappa shape index (κ3) is 2.46. The van der Waals surface area contributed by atoms with Crippen LogP contribution in [0.2, 0.25) is 0 Å². The van der Waals surface area contributed by atoms with Gasteiger partial charge in [0, 0.05) is 17.0 Å². The lowest BCUT2D eigenvalue weighted by atomic mass is 9.95. The van der Waals surface area contributed by atoms with Crippen molar-refractivity contribution in [2.24, 2.45) is 0 Å². The molecule has 2 heteroatoms. The van der Waals surface area contributed by atoms with Crippen molar-refractivity contribution in [3.63, 3.8) is 0 Å². The smallest absolute Gasteiger partial charge is 0.193 e. The van der Waals surface area contributed by atoms with Crippen LogP contribution in [-0.4, -0.2) is 5.78 Å². The quantitative estimate of drug-likeness (QED) is 0.593. The molecule has 0 N–H and O–H groups in total. The first kappa shape index (κ1) is 12.8. The van der Waals surface area contributed by atoms with Crippen molar-refractivity contribution in [2.45, 2.75) is 19.7 Å². The molecule has 0 fully saturated rings. The molecule has 0 radical (unpaired) electrons. The fraction of sp³-hybridized carbons (Fsp3) is 0.188. The van der Waals surface area contributed by atoms with Crippen LogP contribution in [0.4, 0.5) is 0 Å². The summed E-state index contributed by atoms with van der Waals surface area (Å²) in [4.78, 5) is 12.4. The molecule has 2 aromatic rings. The van der Waals surface area contributed by atoms with Crippen molar-refractivity contribution in [1.29, 1.82) is 0 Å². The number of rotatable bonds is 3. The molecule has 92 valence electrons. The number of hydrogen-bond donors (Lipinski definition) is 0. The zero-order chi connectivity index (χ0) is 13.1. The van der Waals surface area contributed by atoms with Gasteiger partial charge in [0.2, 0.25) is 0 Å². The fourth-order valence-electron chi connectivity index (χ4n) is 2.03. The highest BCUT2D eigenvalue weighted by atomic mass is 35.5. The average Bonchev–Trinajstić information content (AvgIpc) is 2.39. The van der Waals surface area contributed by atoms with E-state index in [1.165, 1.54) is 0 Å². The molecule has 0 aromatic heterocycles. The van der Waals surface area contributed by atoms with Crippen molar-refractivity contribution in [3.8, 4) is 0 Å². The molecule has 2 aromatic carbocycles. The van der Waals surface area contributed by atoms with Gasteiger partial charge in [-0.2, -0.15) is 0 Å². The Morgan fingerprint density at radius 1 is 1.06 bits per heavy atom. The Morgan fingerprint density at radius 3 is 2.33 bits per heavy atom. The normalized spacial score (nSPS) is 10.4. The Balaban J connectivity index is 2.48. The minimum Gasteiger partial charge on any atom is -0.289 e. The average molecular weight is 259 g/mol. The van der Waals surface area contributed by atoms with E-state index in [1.807, 2.05) is 56.3 Å². The van der Waals surface area contributed by atoms with Gasteiger partial charge >= 0.3 is 0 Å². The molecule has 0 amide bonds. The van der Waals surface area contributed by atoms with Crippen molar-refractivity contribution in [2.75, 3.05) is 0 Å². The van der Waals surface area contributed by atoms with Gasteiger partial charge in [0.05, 0.1) is 0 Å². The largest absolute Gasteiger partial charge is 0.289 e. The van der Waals surface area contributed by atoms with E-state index in [2.05, 4.69) is 0 Å². The number of hydrogen-bond acceptors (Lipinski definition) is 1. The second-order valence-corrected chi connectivity index (χ2v) is 4.69. The zero-order valence-corrected chi connectivity index (χ0v) is 11.3. The van der Waals surface area contributed by atoms with Crippen molar-refractivity contribution in [3.05, 3.63) is 70.3 Å². The number of carbonyl (C=O) groups excluding carboxylic acids is 1. The Morgan fingerprint density at radius 2 is 1.72 bits per heavy atom. The summed E-state index contributed by atoms with van der Waals surface area (Å²) < 4.78 is 0. The number of benzene rings is 2. The monoisotopic (exact) mass is 258 g/mol. The highest BCUT2D eigenvalue weighted by Crippen LogP contribution is 2.20. The van der Waals surface area contributed by atoms with E-state index >= 15 is 0 Å². The molecule has 0 heterocycles. The molecule has 0 saturated carbocycles. The van der Waals surface area contributed by atoms with Crippen molar-refractivity contribution in [1.82, 2.24) is 0 Å². The maximum atomic E-state index is 12.4. The maximum absolute atomic E-state index is 12.4. The van der Waals surface area contributed by atoms with Crippen molar-refractivity contribution < 1.29 is 4.79 Å². The molecule has 0 unspecified atom stereocenters. The lowest BCUT2D eigenvalue weighted by molar-refractivity contribution is 0.103. The van der Waals surface area contributed by atoms with Crippen LogP contribution in [0.5, 0.6) is 0 Å². The molecular weight excluding hydrogens is 244 g/mol. The molecule has 1 nitrogen and oxygen atoms in total. The van der Waals surface area contributed by atoms with E-state index in [1.54, 1.807) is 0 Å². The van der Waals surface area contributed by atoms with Gasteiger partial charge in [-0.15, -0.1) is 11.6 Å². The summed E-state index contributed by atoms with van der Waals surface area (Å²) in [7, 11) is 0. The molecule has 0 atom stereocenters. The number of aryl methyl sites for hydroxylation is 2. The van der Waals surface area contributed by atoms with Crippen LogP contribution in [0.25, 0.3) is 0 Å². The fourth-order valence-corrected chi connectivity index (χ4v) is 2.32. The van der Waals surface area contributed by atoms with Gasteiger partial charge in [0.15, 0.2) is 5.78 Å². The third-order valence-electron chi connectivity index (χ3n) is 3.11. The first-order valence-corrected chi connectivity index (χ1v) is 6.42. The molecule has 18 heavy (non-hydrogen) atoms. The first-order chi connectivity index (χ1) is 8.63. The van der Waals surface area contributed by atoms with Crippen LogP contribution in [0.3, 0.4) is 0 Å². The molecule has 0 bridgehead atoms. The predicted octanol–water partition coefficient (Wildman–Crippen LogP) is 4.27. The van der Waals surface area contributed by atoms with Crippen LogP contribution in [0.15, 0.2) is 42.5 Å². The lowest BCUT2D eigenvalue weighted by Gasteiger charge is -2.10. The van der Waals surface area contributed by atoms with Crippen molar-refractivity contribution >= 4 is 17.4 Å². The van der Waals surface area contributed by atoms with Gasteiger partial charge in [0.1, 0.15) is 0 Å². The number of ketones is 1. The minimum absolute atomic E-state index is 0.0551. The van der Waals surface area contributed by atoms with Gasteiger partial charge < -0.3 is 0 Å². The van der Waals surface area contributed by atoms with Crippen LogP contribution < -0.4 is 0 Å². The van der Waals surface area contributed by atoms with E-state index in [-0.39, 0.29) is 5.78 Å². The van der Waals surface area contributed by atoms with Gasteiger partial charge in [-0.05, 0) is 36.6 Å². The summed E-state index contributed by atoms with van der Waals surface area (Å²) in [5.41, 5.74) is 4.59. The Hall–Kier alpha value is -1.60. The van der Waals surface area contributed by atoms with Crippen LogP contribution in [0.1, 0.15) is 32.6 Å². The van der Waals surface area contributed by atoms with Crippen LogP contribution >= 0.6 is 11.6 Å². The van der Waals surface area contributed by atoms with Crippen LogP contribution in [0, 0.1) is 13.8 Å². The van der Waals surface area contributed by atoms with E-state index < -0.39 is 0 Å². The SMILES string of the molecule is Cc1cc(C)c(C(=O)c2ccccc2)cc1CCl. The molecule has 2 rings (SSSR count). The Kier molecular flexibility index (Phi) is 3.83. The highest BCUT2D eigenvalue weighted by Gasteiger charge is 2.13. The number of halogens is 1. The van der Waals surface area contributed by atoms with E-state index in [4.69, 9.17) is 11.6 Å². The zero-order valence-electron chi connectivity index (χ0n) is 10.5. The maximum Gasteiger partial charge on any atom is 0.193 e. The summed E-state index contributed by atoms with van der Waals surface area (Å²) in [6.07, 6.45) is 0. The third-order valence-corrected chi connectivity index (χ3v) is 3.40. The van der Waals surface area contributed by atoms with E-state index in [9.17, 15) is 4.79 Å². The summed E-state index contributed by atoms with van der Waals surface area (Å²) in [6, 6.07) is 13.3. The molecular formula is C16H15ClO. The first-order valence-electron chi connectivity index (χ1n) is 5.89. The number of carbonyl (C=O) groups is 1. The molecule has 0 aliphatic carbocycles. The minimum atomic E-state index is 0.0551. The molecule has 0 aliphatic rings. The predicted molar refractivity (Wildman–Crippen MR) is 75.3 cm³/mol. The second kappa shape index (κ2) is 5.36. The van der Waals surface area contributed by atoms with Gasteiger partial charge in [-0.1, -0.05) is 36.4 Å². The van der Waals surface area contributed by atoms with Gasteiger partial charge in [-0.3, -0.25) is 4.79 Å². The van der Waals surface area contributed by atoms with Gasteiger partial charge in [-0.25, -0.2) is 0 Å². The van der Waals surface area contributed by atoms with Gasteiger partial charge in [0.25, 0.3) is 0 Å². The van der Waals surface area contributed by atoms with Crippen LogP contribution in [-0.2, 0) is 5.88 Å². The van der Waals surface area contributed by atoms with E-state index in [0.29, 0.717) is 11.4 Å². The molecule has 0 saturated heterocycles. The lowest BCUT2D eigenvalue weighted by Crippen LogP contribution is -2.05. The summed E-state index contributed by atoms with van der Waals surface area (Å²) in [6.45, 7) is 3.97. The standard InChI is InChI=1S/C16H15ClO/c1-11-8-12(2)15(9-14(11)10-17)16(18)13-6-4-3-5-7-13/h3-9H,10H2,1-2H3. The summed E-state index contributed by atoms with van der Waals surface area (Å²) in [5, 5.41) is 0. The second-order valence-electron chi connectivity index (χ2n) is 4.42. The summed E-state index contributed by atoms with van der Waals surface area (Å²) in [5.74, 6) is 0.487. The summed E-state index contributed by atoms with van der Waals surface area (Å²) >= 11 is 5.90. The van der Waals surface area contributed by atoms with E-state index in [0.717, 1.165) is 22.3 Å². The Bertz CT molecular complexity index is 573. The topological polar surface area (TPSA) is 17.1 Å². The molecule has 0 aliphatic heterocycles. The Labute approximate surface area is 112 Å². The highest BCUT2D eigenvalue weighted by molar-refractivity contribution is 6.17.